The molecule has 0 aliphatic heterocycles. The number of aromatic nitrogens is 2. The maximum Gasteiger partial charge on any atom is 0.221 e. The molecule has 2 N–H and O–H groups in total. The number of rotatable bonds is 4. The van der Waals surface area contributed by atoms with Crippen molar-refractivity contribution in [2.24, 2.45) is 0 Å². The lowest BCUT2D eigenvalue weighted by Gasteiger charge is -2.02. The van der Waals surface area contributed by atoms with Crippen molar-refractivity contribution in [2.45, 2.75) is 6.92 Å². The number of imidazole rings is 1. The summed E-state index contributed by atoms with van der Waals surface area (Å²) in [6.07, 6.45) is 0. The zero-order valence-electron chi connectivity index (χ0n) is 13.4. The number of carbonyl (C=O) groups is 1. The number of benzene rings is 1. The van der Waals surface area contributed by atoms with E-state index in [0.29, 0.717) is 0 Å². The normalized spacial score (nSPS) is 10.8. The van der Waals surface area contributed by atoms with Crippen molar-refractivity contribution in [3.63, 3.8) is 0 Å². The first-order chi connectivity index (χ1) is 12.2. The summed E-state index contributed by atoms with van der Waals surface area (Å²) < 4.78 is 0. The molecule has 4 aromatic rings. The van der Waals surface area contributed by atoms with E-state index in [0.717, 1.165) is 38.2 Å². The predicted octanol–water partition coefficient (Wildman–Crippen LogP) is 5.49. The molecule has 124 valence electrons. The molecule has 0 atom stereocenters. The highest BCUT2D eigenvalue weighted by atomic mass is 32.1. The molecular weight excluding hydrogens is 350 g/mol. The van der Waals surface area contributed by atoms with Gasteiger partial charge in [0.25, 0.3) is 0 Å². The Morgan fingerprint density at radius 1 is 1.00 bits per heavy atom. The van der Waals surface area contributed by atoms with Gasteiger partial charge in [-0.1, -0.05) is 12.1 Å². The molecule has 3 aromatic heterocycles. The Balaban J connectivity index is 1.76. The molecule has 0 saturated carbocycles. The summed E-state index contributed by atoms with van der Waals surface area (Å²) in [6.45, 7) is 1.50. The number of nitrogens with one attached hydrogen (secondary N) is 2. The largest absolute Gasteiger partial charge is 0.337 e. The van der Waals surface area contributed by atoms with Crippen LogP contribution in [0.5, 0.6) is 0 Å². The highest BCUT2D eigenvalue weighted by Gasteiger charge is 2.16. The zero-order chi connectivity index (χ0) is 17.2. The van der Waals surface area contributed by atoms with Gasteiger partial charge >= 0.3 is 0 Å². The average Bonchev–Trinajstić information content (AvgIpc) is 3.34. The van der Waals surface area contributed by atoms with E-state index in [9.17, 15) is 4.79 Å². The van der Waals surface area contributed by atoms with E-state index < -0.39 is 0 Å². The third-order valence-electron chi connectivity index (χ3n) is 3.70. The summed E-state index contributed by atoms with van der Waals surface area (Å²) in [6, 6.07) is 15.9. The highest BCUT2D eigenvalue weighted by molar-refractivity contribution is 7.14. The lowest BCUT2D eigenvalue weighted by Crippen LogP contribution is -2.05. The van der Waals surface area contributed by atoms with E-state index in [2.05, 4.69) is 33.2 Å². The van der Waals surface area contributed by atoms with Crippen LogP contribution in [0.3, 0.4) is 0 Å². The standard InChI is InChI=1S/C19H15N3OS2/c1-12(23)20-14-8-6-13(7-9-14)19-21-17(15-4-2-10-24-15)18(22-19)16-5-3-11-25-16/h2-11H,1H3,(H,20,23)(H,21,22). The second-order valence-electron chi connectivity index (χ2n) is 5.52. The Kier molecular flexibility index (Phi) is 4.21. The summed E-state index contributed by atoms with van der Waals surface area (Å²) in [7, 11) is 0. The fraction of sp³-hybridized carbons (Fsp3) is 0.0526. The Labute approximate surface area is 153 Å². The van der Waals surface area contributed by atoms with Gasteiger partial charge in [-0.05, 0) is 47.2 Å². The first-order valence-electron chi connectivity index (χ1n) is 7.76. The second-order valence-corrected chi connectivity index (χ2v) is 7.42. The Hall–Kier alpha value is -2.70. The number of H-pyrrole nitrogens is 1. The number of hydrogen-bond acceptors (Lipinski definition) is 4. The summed E-state index contributed by atoms with van der Waals surface area (Å²) in [5, 5.41) is 6.90. The molecule has 25 heavy (non-hydrogen) atoms. The molecule has 0 saturated heterocycles. The van der Waals surface area contributed by atoms with Crippen LogP contribution in [0.2, 0.25) is 0 Å². The van der Waals surface area contributed by atoms with Crippen molar-refractivity contribution in [3.8, 4) is 32.5 Å². The minimum absolute atomic E-state index is 0.0780. The molecule has 1 amide bonds. The number of anilines is 1. The van der Waals surface area contributed by atoms with E-state index >= 15 is 0 Å². The van der Waals surface area contributed by atoms with Crippen molar-refractivity contribution in [2.75, 3.05) is 5.32 Å². The van der Waals surface area contributed by atoms with Crippen LogP contribution in [0, 0.1) is 0 Å². The van der Waals surface area contributed by atoms with E-state index in [4.69, 9.17) is 4.98 Å². The SMILES string of the molecule is CC(=O)Nc1ccc(-c2nc(-c3cccs3)c(-c3cccs3)[nH]2)cc1. The fourth-order valence-electron chi connectivity index (χ4n) is 2.62. The Bertz CT molecular complexity index is 932. The molecule has 6 heteroatoms. The van der Waals surface area contributed by atoms with Gasteiger partial charge in [0.2, 0.25) is 5.91 Å². The molecule has 3 heterocycles. The molecule has 0 bridgehead atoms. The predicted molar refractivity (Wildman–Crippen MR) is 105 cm³/mol. The molecular formula is C19H15N3OS2. The van der Waals surface area contributed by atoms with Crippen molar-refractivity contribution >= 4 is 34.3 Å². The van der Waals surface area contributed by atoms with E-state index in [1.165, 1.54) is 6.92 Å². The van der Waals surface area contributed by atoms with Crippen molar-refractivity contribution in [1.29, 1.82) is 0 Å². The quantitative estimate of drug-likeness (QED) is 0.502. The van der Waals surface area contributed by atoms with Crippen molar-refractivity contribution in [3.05, 3.63) is 59.3 Å². The van der Waals surface area contributed by atoms with Crippen molar-refractivity contribution < 1.29 is 4.79 Å². The molecule has 4 rings (SSSR count). The van der Waals surface area contributed by atoms with Gasteiger partial charge in [-0.3, -0.25) is 4.79 Å². The third-order valence-corrected chi connectivity index (χ3v) is 5.47. The van der Waals surface area contributed by atoms with Crippen LogP contribution in [-0.2, 0) is 4.79 Å². The Morgan fingerprint density at radius 3 is 2.28 bits per heavy atom. The monoisotopic (exact) mass is 365 g/mol. The highest BCUT2D eigenvalue weighted by Crippen LogP contribution is 2.37. The second kappa shape index (κ2) is 6.66. The molecule has 1 aromatic carbocycles. The number of thiophene rings is 2. The molecule has 0 aliphatic rings. The third kappa shape index (κ3) is 3.26. The first kappa shape index (κ1) is 15.8. The molecule has 0 radical (unpaired) electrons. The van der Waals surface area contributed by atoms with Gasteiger partial charge in [0.1, 0.15) is 11.5 Å². The first-order valence-corrected chi connectivity index (χ1v) is 9.52. The molecule has 4 nitrogen and oxygen atoms in total. The number of aromatic amines is 1. The minimum atomic E-state index is -0.0780. The zero-order valence-corrected chi connectivity index (χ0v) is 15.1. The van der Waals surface area contributed by atoms with Crippen LogP contribution >= 0.6 is 22.7 Å². The minimum Gasteiger partial charge on any atom is -0.337 e. The number of carbonyl (C=O) groups excluding carboxylic acids is 1. The van der Waals surface area contributed by atoms with Crippen LogP contribution in [0.1, 0.15) is 6.92 Å². The molecule has 0 fully saturated rings. The maximum absolute atomic E-state index is 11.2. The summed E-state index contributed by atoms with van der Waals surface area (Å²) >= 11 is 3.37. The number of amides is 1. The molecule has 0 spiro atoms. The molecule has 0 unspecified atom stereocenters. The topological polar surface area (TPSA) is 57.8 Å². The number of nitrogens with zero attached hydrogens (tertiary/aromatic N) is 1. The van der Waals surface area contributed by atoms with Crippen LogP contribution in [0.25, 0.3) is 32.5 Å². The van der Waals surface area contributed by atoms with Crippen molar-refractivity contribution in [1.82, 2.24) is 9.97 Å². The van der Waals surface area contributed by atoms with E-state index in [1.807, 2.05) is 36.4 Å². The van der Waals surface area contributed by atoms with Crippen LogP contribution in [0.4, 0.5) is 5.69 Å². The van der Waals surface area contributed by atoms with Gasteiger partial charge in [0.05, 0.1) is 15.4 Å². The van der Waals surface area contributed by atoms with Gasteiger partial charge in [-0.2, -0.15) is 0 Å². The summed E-state index contributed by atoms with van der Waals surface area (Å²) in [5.41, 5.74) is 3.77. The van der Waals surface area contributed by atoms with Gasteiger partial charge in [0, 0.05) is 18.2 Å². The van der Waals surface area contributed by atoms with Gasteiger partial charge in [0.15, 0.2) is 0 Å². The summed E-state index contributed by atoms with van der Waals surface area (Å²) in [5.74, 6) is 0.742. The van der Waals surface area contributed by atoms with Crippen LogP contribution in [-0.4, -0.2) is 15.9 Å². The van der Waals surface area contributed by atoms with E-state index in [1.54, 1.807) is 22.7 Å². The van der Waals surface area contributed by atoms with Gasteiger partial charge in [-0.25, -0.2) is 4.98 Å². The van der Waals surface area contributed by atoms with Gasteiger partial charge < -0.3 is 10.3 Å². The van der Waals surface area contributed by atoms with Crippen LogP contribution in [0.15, 0.2) is 59.3 Å². The van der Waals surface area contributed by atoms with E-state index in [-0.39, 0.29) is 5.91 Å². The number of hydrogen-bond donors (Lipinski definition) is 2. The summed E-state index contributed by atoms with van der Waals surface area (Å²) in [4.78, 5) is 21.8. The smallest absolute Gasteiger partial charge is 0.221 e. The average molecular weight is 365 g/mol. The van der Waals surface area contributed by atoms with Gasteiger partial charge in [-0.15, -0.1) is 22.7 Å². The van der Waals surface area contributed by atoms with Crippen LogP contribution < -0.4 is 5.32 Å². The lowest BCUT2D eigenvalue weighted by molar-refractivity contribution is -0.114. The fourth-order valence-corrected chi connectivity index (χ4v) is 4.06. The lowest BCUT2D eigenvalue weighted by atomic mass is 10.2. The Morgan fingerprint density at radius 2 is 1.68 bits per heavy atom. The maximum atomic E-state index is 11.2. The molecule has 0 aliphatic carbocycles.